The second-order valence-corrected chi connectivity index (χ2v) is 1.58. The maximum atomic E-state index is 9.67. The smallest absolute Gasteiger partial charge is 0.260 e. The maximum Gasteiger partial charge on any atom is 0.260 e. The highest BCUT2D eigenvalue weighted by atomic mass is 32.2. The van der Waals surface area contributed by atoms with E-state index in [0.717, 1.165) is 0 Å². The van der Waals surface area contributed by atoms with Crippen molar-refractivity contribution in [2.75, 3.05) is 0 Å². The summed E-state index contributed by atoms with van der Waals surface area (Å²) in [7, 11) is 0. The average Bonchev–Trinajstić information content (AvgIpc) is 1.27. The van der Waals surface area contributed by atoms with Crippen molar-refractivity contribution < 1.29 is 8.76 Å². The fraction of sp³-hybridized carbons (Fsp3) is 0. The Kier molecular flexibility index (Phi) is 2.39. The first kappa shape index (κ1) is 6.45. The summed E-state index contributed by atoms with van der Waals surface area (Å²) in [5.41, 5.74) is 4.83. The molecule has 0 fully saturated rings. The molecule has 42 valence electrons. The third kappa shape index (κ3) is 5.45. The van der Waals surface area contributed by atoms with Crippen LogP contribution >= 0.6 is 0 Å². The number of nitrogens with one attached hydrogen (secondary N) is 1. The van der Waals surface area contributed by atoms with E-state index in [4.69, 9.17) is 10.3 Å². The molecule has 0 radical (unpaired) electrons. The van der Waals surface area contributed by atoms with Gasteiger partial charge in [0.2, 0.25) is 0 Å². The van der Waals surface area contributed by atoms with Gasteiger partial charge >= 0.3 is 0 Å². The van der Waals surface area contributed by atoms with E-state index in [0.29, 0.717) is 0 Å². The third-order valence-corrected chi connectivity index (χ3v) is 0.655. The van der Waals surface area contributed by atoms with Crippen molar-refractivity contribution in [1.82, 2.24) is 4.72 Å². The molecule has 0 saturated carbocycles. The Morgan fingerprint density at radius 3 is 2.43 bits per heavy atom. The van der Waals surface area contributed by atoms with E-state index in [1.807, 2.05) is 4.72 Å². The first-order chi connectivity index (χ1) is 3.13. The zero-order chi connectivity index (χ0) is 5.86. The van der Waals surface area contributed by atoms with E-state index in [1.54, 1.807) is 0 Å². The fourth-order valence-corrected chi connectivity index (χ4v) is 0.336. The van der Waals surface area contributed by atoms with Gasteiger partial charge in [0.1, 0.15) is 5.82 Å². The lowest BCUT2D eigenvalue weighted by atomic mass is 10.9. The minimum Gasteiger partial charge on any atom is -0.385 e. The van der Waals surface area contributed by atoms with Gasteiger partial charge < -0.3 is 5.73 Å². The first-order valence-corrected chi connectivity index (χ1v) is 2.55. The van der Waals surface area contributed by atoms with Crippen molar-refractivity contribution >= 4 is 11.3 Å². The monoisotopic (exact) mass is 122 g/mol. The lowest BCUT2D eigenvalue weighted by Gasteiger charge is -1.93. The average molecular weight is 122 g/mol. The molecule has 7 heavy (non-hydrogen) atoms. The molecular weight excluding hydrogens is 116 g/mol. The van der Waals surface area contributed by atoms with Crippen LogP contribution in [-0.4, -0.2) is 8.76 Å². The lowest BCUT2D eigenvalue weighted by molar-refractivity contribution is 0.556. The Bertz CT molecular complexity index is 89.9. The predicted molar refractivity (Wildman–Crippen MR) is 27.2 cm³/mol. The molecule has 4 nitrogen and oxygen atoms in total. The summed E-state index contributed by atoms with van der Waals surface area (Å²) in [4.78, 5) is 0. The molecule has 0 spiro atoms. The van der Waals surface area contributed by atoms with Gasteiger partial charge in [0, 0.05) is 0 Å². The quantitative estimate of drug-likeness (QED) is 0.417. The van der Waals surface area contributed by atoms with Crippen molar-refractivity contribution in [1.29, 1.82) is 0 Å². The summed E-state index contributed by atoms with van der Waals surface area (Å²) in [5.74, 6) is -0.0131. The summed E-state index contributed by atoms with van der Waals surface area (Å²) in [6.07, 6.45) is 0. The maximum absolute atomic E-state index is 9.67. The van der Waals surface area contributed by atoms with Crippen LogP contribution in [0, 0.1) is 0 Å². The van der Waals surface area contributed by atoms with Gasteiger partial charge in [-0.25, -0.2) is 4.21 Å². The molecule has 0 saturated heterocycles. The summed E-state index contributed by atoms with van der Waals surface area (Å²) < 4.78 is 19.5. The highest BCUT2D eigenvalue weighted by Crippen LogP contribution is 1.66. The summed E-state index contributed by atoms with van der Waals surface area (Å²) >= 11 is -2.07. The van der Waals surface area contributed by atoms with Crippen LogP contribution in [0.4, 0.5) is 0 Å². The second kappa shape index (κ2) is 2.59. The van der Waals surface area contributed by atoms with E-state index in [9.17, 15) is 4.21 Å². The summed E-state index contributed by atoms with van der Waals surface area (Å²) in [6, 6.07) is 0. The van der Waals surface area contributed by atoms with Crippen LogP contribution < -0.4 is 10.5 Å². The van der Waals surface area contributed by atoms with E-state index >= 15 is 0 Å². The van der Waals surface area contributed by atoms with Crippen LogP contribution in [0.1, 0.15) is 0 Å². The van der Waals surface area contributed by atoms with Gasteiger partial charge in [-0.3, -0.25) is 9.27 Å². The third-order valence-electron chi connectivity index (χ3n) is 0.218. The number of hydrogen-bond donors (Lipinski definition) is 3. The van der Waals surface area contributed by atoms with Crippen LogP contribution in [-0.2, 0) is 11.3 Å². The van der Waals surface area contributed by atoms with Gasteiger partial charge in [-0.15, -0.1) is 0 Å². The van der Waals surface area contributed by atoms with E-state index in [1.165, 1.54) is 0 Å². The molecule has 0 aromatic heterocycles. The molecular formula is C2H6N2O2S. The SMILES string of the molecule is C=C(N)NS(=O)O. The van der Waals surface area contributed by atoms with Crippen LogP contribution in [0.5, 0.6) is 0 Å². The van der Waals surface area contributed by atoms with Gasteiger partial charge in [-0.2, -0.15) is 0 Å². The Labute approximate surface area is 43.8 Å². The van der Waals surface area contributed by atoms with Gasteiger partial charge in [-0.1, -0.05) is 6.58 Å². The Hall–Kier alpha value is -0.550. The van der Waals surface area contributed by atoms with Crippen molar-refractivity contribution in [3.05, 3.63) is 12.4 Å². The van der Waals surface area contributed by atoms with Crippen molar-refractivity contribution in [3.63, 3.8) is 0 Å². The first-order valence-electron chi connectivity index (χ1n) is 1.45. The molecule has 0 heterocycles. The molecule has 0 aromatic carbocycles. The van der Waals surface area contributed by atoms with Crippen molar-refractivity contribution in [2.45, 2.75) is 0 Å². The molecule has 0 bridgehead atoms. The normalized spacial score (nSPS) is 12.7. The van der Waals surface area contributed by atoms with Crippen molar-refractivity contribution in [2.24, 2.45) is 5.73 Å². The summed E-state index contributed by atoms with van der Waals surface area (Å²) in [6.45, 7) is 3.11. The minimum atomic E-state index is -2.07. The highest BCUT2D eigenvalue weighted by Gasteiger charge is 1.85. The van der Waals surface area contributed by atoms with Gasteiger partial charge in [0.15, 0.2) is 0 Å². The minimum absolute atomic E-state index is 0.0131. The lowest BCUT2D eigenvalue weighted by Crippen LogP contribution is -2.20. The number of rotatable bonds is 2. The van der Waals surface area contributed by atoms with Crippen LogP contribution in [0.3, 0.4) is 0 Å². The fourth-order valence-electron chi connectivity index (χ4n) is 0.112. The Balaban J connectivity index is 3.32. The molecule has 0 aromatic rings. The van der Waals surface area contributed by atoms with Gasteiger partial charge in [-0.05, 0) is 0 Å². The number of nitrogens with two attached hydrogens (primary N) is 1. The molecule has 0 aliphatic heterocycles. The van der Waals surface area contributed by atoms with E-state index in [2.05, 4.69) is 6.58 Å². The molecule has 5 heteroatoms. The largest absolute Gasteiger partial charge is 0.385 e. The van der Waals surface area contributed by atoms with E-state index < -0.39 is 11.3 Å². The van der Waals surface area contributed by atoms with Crippen molar-refractivity contribution in [3.8, 4) is 0 Å². The zero-order valence-electron chi connectivity index (χ0n) is 3.55. The molecule has 0 rings (SSSR count). The molecule has 0 aliphatic rings. The summed E-state index contributed by atoms with van der Waals surface area (Å²) in [5, 5.41) is 0. The topological polar surface area (TPSA) is 75.3 Å². The highest BCUT2D eigenvalue weighted by molar-refractivity contribution is 7.77. The molecule has 1 unspecified atom stereocenters. The molecule has 1 atom stereocenters. The van der Waals surface area contributed by atoms with Crippen LogP contribution in [0.2, 0.25) is 0 Å². The predicted octanol–water partition coefficient (Wildman–Crippen LogP) is -0.857. The molecule has 4 N–H and O–H groups in total. The second-order valence-electron chi connectivity index (χ2n) is 0.876. The molecule has 0 aliphatic carbocycles. The van der Waals surface area contributed by atoms with Gasteiger partial charge in [0.25, 0.3) is 11.3 Å². The van der Waals surface area contributed by atoms with Crippen LogP contribution in [0.25, 0.3) is 0 Å². The zero-order valence-corrected chi connectivity index (χ0v) is 4.36. The van der Waals surface area contributed by atoms with Crippen LogP contribution in [0.15, 0.2) is 12.4 Å². The molecule has 0 amide bonds. The standard InChI is InChI=1S/C2H6N2O2S/c1-2(3)4-7(5)6/h4H,1,3H2,(H,5,6). The van der Waals surface area contributed by atoms with E-state index in [-0.39, 0.29) is 5.82 Å². The number of hydrogen-bond acceptors (Lipinski definition) is 2. The van der Waals surface area contributed by atoms with Gasteiger partial charge in [0.05, 0.1) is 0 Å². The Morgan fingerprint density at radius 1 is 2.00 bits per heavy atom. The Morgan fingerprint density at radius 2 is 2.43 bits per heavy atom.